The fourth-order valence-electron chi connectivity index (χ4n) is 2.04. The monoisotopic (exact) mass is 247 g/mol. The van der Waals surface area contributed by atoms with E-state index in [-0.39, 0.29) is 0 Å². The van der Waals surface area contributed by atoms with Gasteiger partial charge in [0.2, 0.25) is 0 Å². The summed E-state index contributed by atoms with van der Waals surface area (Å²) < 4.78 is 5.48. The maximum Gasteiger partial charge on any atom is 0.0591 e. The average molecular weight is 247 g/mol. The van der Waals surface area contributed by atoms with Gasteiger partial charge in [-0.15, -0.1) is 6.58 Å². The second-order valence-electron chi connectivity index (χ2n) is 4.73. The summed E-state index contributed by atoms with van der Waals surface area (Å²) >= 11 is 0. The van der Waals surface area contributed by atoms with E-state index in [2.05, 4.69) is 50.9 Å². The van der Waals surface area contributed by atoms with Gasteiger partial charge < -0.3 is 10.1 Å². The fourth-order valence-corrected chi connectivity index (χ4v) is 2.04. The van der Waals surface area contributed by atoms with E-state index in [0.717, 1.165) is 26.2 Å². The van der Waals surface area contributed by atoms with E-state index in [4.69, 9.17) is 4.74 Å². The maximum atomic E-state index is 5.48. The Kier molecular flexibility index (Phi) is 6.69. The Bertz CT molecular complexity index is 373. The molecule has 0 aromatic heterocycles. The standard InChI is InChI=1S/C16H25NO/c1-5-6-10-18-11-9-17-15(4)16-8-7-13(2)12-14(16)3/h5,7-8,12,15,17H,1,6,9-11H2,2-4H3. The van der Waals surface area contributed by atoms with Crippen LogP contribution in [0.5, 0.6) is 0 Å². The number of ether oxygens (including phenoxy) is 1. The summed E-state index contributed by atoms with van der Waals surface area (Å²) in [4.78, 5) is 0. The van der Waals surface area contributed by atoms with Gasteiger partial charge in [0.1, 0.15) is 0 Å². The highest BCUT2D eigenvalue weighted by molar-refractivity contribution is 5.32. The first-order valence-corrected chi connectivity index (χ1v) is 6.64. The minimum atomic E-state index is 0.369. The Morgan fingerprint density at radius 3 is 2.78 bits per heavy atom. The third kappa shape index (κ3) is 5.03. The van der Waals surface area contributed by atoms with Crippen molar-refractivity contribution in [2.45, 2.75) is 33.2 Å². The Labute approximate surface area is 111 Å². The van der Waals surface area contributed by atoms with Gasteiger partial charge in [-0.05, 0) is 38.3 Å². The molecular weight excluding hydrogens is 222 g/mol. The van der Waals surface area contributed by atoms with Crippen molar-refractivity contribution in [3.63, 3.8) is 0 Å². The van der Waals surface area contributed by atoms with Crippen LogP contribution in [0, 0.1) is 13.8 Å². The highest BCUT2D eigenvalue weighted by atomic mass is 16.5. The Hall–Kier alpha value is -1.12. The first-order valence-electron chi connectivity index (χ1n) is 6.64. The van der Waals surface area contributed by atoms with E-state index in [0.29, 0.717) is 6.04 Å². The van der Waals surface area contributed by atoms with Crippen LogP contribution in [0.1, 0.15) is 36.1 Å². The van der Waals surface area contributed by atoms with Crippen LogP contribution in [0.4, 0.5) is 0 Å². The van der Waals surface area contributed by atoms with Crippen LogP contribution in [0.2, 0.25) is 0 Å². The largest absolute Gasteiger partial charge is 0.380 e. The van der Waals surface area contributed by atoms with Crippen molar-refractivity contribution in [2.24, 2.45) is 0 Å². The van der Waals surface area contributed by atoms with Crippen LogP contribution in [0.25, 0.3) is 0 Å². The van der Waals surface area contributed by atoms with Gasteiger partial charge in [-0.25, -0.2) is 0 Å². The number of aryl methyl sites for hydroxylation is 2. The lowest BCUT2D eigenvalue weighted by molar-refractivity contribution is 0.138. The van der Waals surface area contributed by atoms with Gasteiger partial charge in [0.05, 0.1) is 13.2 Å². The normalized spacial score (nSPS) is 12.4. The van der Waals surface area contributed by atoms with Crippen molar-refractivity contribution in [3.8, 4) is 0 Å². The summed E-state index contributed by atoms with van der Waals surface area (Å²) in [5.74, 6) is 0. The second kappa shape index (κ2) is 8.06. The third-order valence-corrected chi connectivity index (χ3v) is 3.06. The van der Waals surface area contributed by atoms with Crippen molar-refractivity contribution >= 4 is 0 Å². The molecular formula is C16H25NO. The van der Waals surface area contributed by atoms with Crippen molar-refractivity contribution < 1.29 is 4.74 Å². The van der Waals surface area contributed by atoms with E-state index in [9.17, 15) is 0 Å². The van der Waals surface area contributed by atoms with Gasteiger partial charge >= 0.3 is 0 Å². The average Bonchev–Trinajstić information content (AvgIpc) is 2.33. The Morgan fingerprint density at radius 2 is 2.11 bits per heavy atom. The number of hydrogen-bond donors (Lipinski definition) is 1. The van der Waals surface area contributed by atoms with Crippen LogP contribution in [0.3, 0.4) is 0 Å². The van der Waals surface area contributed by atoms with Crippen molar-refractivity contribution in [3.05, 3.63) is 47.5 Å². The lowest BCUT2D eigenvalue weighted by Gasteiger charge is -2.17. The topological polar surface area (TPSA) is 21.3 Å². The molecule has 0 spiro atoms. The molecule has 0 heterocycles. The second-order valence-corrected chi connectivity index (χ2v) is 4.73. The molecule has 0 amide bonds. The van der Waals surface area contributed by atoms with Gasteiger partial charge in [-0.1, -0.05) is 29.8 Å². The van der Waals surface area contributed by atoms with Crippen LogP contribution < -0.4 is 5.32 Å². The molecule has 0 aliphatic rings. The quantitative estimate of drug-likeness (QED) is 0.560. The molecule has 0 aliphatic heterocycles. The fraction of sp³-hybridized carbons (Fsp3) is 0.500. The molecule has 1 aromatic carbocycles. The summed E-state index contributed by atoms with van der Waals surface area (Å²) in [6.45, 7) is 12.6. The molecule has 1 atom stereocenters. The van der Waals surface area contributed by atoms with Crippen LogP contribution in [0.15, 0.2) is 30.9 Å². The molecule has 0 saturated heterocycles. The number of hydrogen-bond acceptors (Lipinski definition) is 2. The molecule has 0 aliphatic carbocycles. The van der Waals surface area contributed by atoms with E-state index in [1.165, 1.54) is 16.7 Å². The van der Waals surface area contributed by atoms with E-state index in [1.54, 1.807) is 0 Å². The van der Waals surface area contributed by atoms with Gasteiger partial charge in [0.15, 0.2) is 0 Å². The molecule has 2 heteroatoms. The molecule has 1 rings (SSSR count). The number of nitrogens with one attached hydrogen (secondary N) is 1. The van der Waals surface area contributed by atoms with Gasteiger partial charge in [0, 0.05) is 12.6 Å². The summed E-state index contributed by atoms with van der Waals surface area (Å²) in [6.07, 6.45) is 2.80. The molecule has 1 aromatic rings. The minimum Gasteiger partial charge on any atom is -0.380 e. The van der Waals surface area contributed by atoms with Gasteiger partial charge in [-0.3, -0.25) is 0 Å². The molecule has 0 fully saturated rings. The molecule has 100 valence electrons. The SMILES string of the molecule is C=CCCOCCNC(C)c1ccc(C)cc1C. The number of rotatable bonds is 8. The summed E-state index contributed by atoms with van der Waals surface area (Å²) in [5, 5.41) is 3.49. The lowest BCUT2D eigenvalue weighted by atomic mass is 10.0. The summed E-state index contributed by atoms with van der Waals surface area (Å²) in [5.41, 5.74) is 4.03. The van der Waals surface area contributed by atoms with Crippen LogP contribution >= 0.6 is 0 Å². The van der Waals surface area contributed by atoms with Crippen LogP contribution in [-0.2, 0) is 4.74 Å². The predicted molar refractivity (Wildman–Crippen MR) is 78.0 cm³/mol. The molecule has 1 unspecified atom stereocenters. The zero-order valence-corrected chi connectivity index (χ0v) is 11.8. The van der Waals surface area contributed by atoms with Crippen molar-refractivity contribution in [1.29, 1.82) is 0 Å². The van der Waals surface area contributed by atoms with Crippen LogP contribution in [-0.4, -0.2) is 19.8 Å². The summed E-state index contributed by atoms with van der Waals surface area (Å²) in [7, 11) is 0. The van der Waals surface area contributed by atoms with Gasteiger partial charge in [-0.2, -0.15) is 0 Å². The minimum absolute atomic E-state index is 0.369. The molecule has 2 nitrogen and oxygen atoms in total. The van der Waals surface area contributed by atoms with Crippen molar-refractivity contribution in [1.82, 2.24) is 5.32 Å². The zero-order chi connectivity index (χ0) is 13.4. The van der Waals surface area contributed by atoms with Crippen molar-refractivity contribution in [2.75, 3.05) is 19.8 Å². The smallest absolute Gasteiger partial charge is 0.0591 e. The Balaban J connectivity index is 2.31. The lowest BCUT2D eigenvalue weighted by Crippen LogP contribution is -2.24. The molecule has 0 radical (unpaired) electrons. The first kappa shape index (κ1) is 14.9. The third-order valence-electron chi connectivity index (χ3n) is 3.06. The number of benzene rings is 1. The van der Waals surface area contributed by atoms with E-state index < -0.39 is 0 Å². The predicted octanol–water partition coefficient (Wildman–Crippen LogP) is 3.55. The highest BCUT2D eigenvalue weighted by Gasteiger charge is 2.07. The zero-order valence-electron chi connectivity index (χ0n) is 11.8. The molecule has 0 saturated carbocycles. The summed E-state index contributed by atoms with van der Waals surface area (Å²) in [6, 6.07) is 6.98. The van der Waals surface area contributed by atoms with E-state index in [1.807, 2.05) is 6.08 Å². The Morgan fingerprint density at radius 1 is 1.33 bits per heavy atom. The highest BCUT2D eigenvalue weighted by Crippen LogP contribution is 2.18. The first-order chi connectivity index (χ1) is 8.65. The van der Waals surface area contributed by atoms with E-state index >= 15 is 0 Å². The molecule has 18 heavy (non-hydrogen) atoms. The molecule has 1 N–H and O–H groups in total. The maximum absolute atomic E-state index is 5.48. The molecule has 0 bridgehead atoms. The van der Waals surface area contributed by atoms with Gasteiger partial charge in [0.25, 0.3) is 0 Å².